The molecule has 0 bridgehead atoms. The van der Waals surface area contributed by atoms with Gasteiger partial charge in [0.25, 0.3) is 0 Å². The first-order chi connectivity index (χ1) is 11.0. The van der Waals surface area contributed by atoms with Crippen LogP contribution in [-0.4, -0.2) is 36.4 Å². The van der Waals surface area contributed by atoms with Crippen molar-refractivity contribution in [2.24, 2.45) is 28.3 Å². The molecule has 1 aliphatic heterocycles. The van der Waals surface area contributed by atoms with Gasteiger partial charge in [0, 0.05) is 13.1 Å². The quantitative estimate of drug-likeness (QED) is 0.637. The van der Waals surface area contributed by atoms with Crippen molar-refractivity contribution in [3.05, 3.63) is 35.6 Å². The lowest BCUT2D eigenvalue weighted by atomic mass is 9.98. The van der Waals surface area contributed by atoms with E-state index in [4.69, 9.17) is 11.5 Å². The maximum atomic E-state index is 12.9. The minimum atomic E-state index is -0.442. The zero-order valence-corrected chi connectivity index (χ0v) is 13.5. The van der Waals surface area contributed by atoms with E-state index >= 15 is 0 Å². The third kappa shape index (κ3) is 5.23. The highest BCUT2D eigenvalue weighted by Crippen LogP contribution is 2.16. The van der Waals surface area contributed by atoms with Gasteiger partial charge in [0.15, 0.2) is 5.96 Å². The smallest absolute Gasteiger partial charge is 0.222 e. The Morgan fingerprint density at radius 2 is 1.91 bits per heavy atom. The second-order valence-electron chi connectivity index (χ2n) is 6.30. The molecule has 126 valence electrons. The molecular formula is C17H25FN4O. The second kappa shape index (κ2) is 7.94. The largest absolute Gasteiger partial charge is 0.370 e. The molecule has 1 aromatic rings. The number of carbonyl (C=O) groups excluding carboxylic acids is 1. The Balaban J connectivity index is 1.94. The van der Waals surface area contributed by atoms with Gasteiger partial charge in [-0.2, -0.15) is 0 Å². The van der Waals surface area contributed by atoms with Crippen LogP contribution in [0.15, 0.2) is 29.3 Å². The number of rotatable bonds is 5. The van der Waals surface area contributed by atoms with Gasteiger partial charge in [-0.25, -0.2) is 4.39 Å². The highest BCUT2D eigenvalue weighted by atomic mass is 19.1. The van der Waals surface area contributed by atoms with Gasteiger partial charge < -0.3 is 16.4 Å². The topological polar surface area (TPSA) is 84.7 Å². The minimum absolute atomic E-state index is 0.255. The van der Waals surface area contributed by atoms with Gasteiger partial charge in [-0.3, -0.25) is 9.79 Å². The van der Waals surface area contributed by atoms with Crippen LogP contribution in [0.1, 0.15) is 25.3 Å². The van der Waals surface area contributed by atoms with Crippen molar-refractivity contribution in [1.29, 1.82) is 0 Å². The van der Waals surface area contributed by atoms with Crippen LogP contribution in [0.25, 0.3) is 0 Å². The molecule has 1 amide bonds. The van der Waals surface area contributed by atoms with E-state index in [1.807, 2.05) is 0 Å². The molecule has 2 rings (SSSR count). The van der Waals surface area contributed by atoms with E-state index in [1.165, 1.54) is 12.1 Å². The Kier molecular flexibility index (Phi) is 5.96. The molecule has 0 aliphatic carbocycles. The van der Waals surface area contributed by atoms with Crippen LogP contribution in [0.5, 0.6) is 0 Å². The molecule has 0 spiro atoms. The Morgan fingerprint density at radius 3 is 2.48 bits per heavy atom. The molecule has 23 heavy (non-hydrogen) atoms. The first-order valence-electron chi connectivity index (χ1n) is 8.04. The highest BCUT2D eigenvalue weighted by molar-refractivity contribution is 5.80. The third-order valence-corrected chi connectivity index (χ3v) is 4.38. The lowest BCUT2D eigenvalue weighted by molar-refractivity contribution is -0.121. The number of aliphatic imine (C=N–C) groups is 1. The first kappa shape index (κ1) is 17.2. The van der Waals surface area contributed by atoms with E-state index in [-0.39, 0.29) is 12.4 Å². The predicted molar refractivity (Wildman–Crippen MR) is 89.2 cm³/mol. The number of benzene rings is 1. The van der Waals surface area contributed by atoms with Gasteiger partial charge in [0.2, 0.25) is 5.91 Å². The zero-order valence-electron chi connectivity index (χ0n) is 13.5. The number of nitrogens with zero attached hydrogens (tertiary/aromatic N) is 2. The SMILES string of the molecule is CC1CCN(C(N)=NCC(Cc2ccc(F)cc2)C(N)=O)CC1. The van der Waals surface area contributed by atoms with Crippen molar-refractivity contribution in [2.75, 3.05) is 19.6 Å². The summed E-state index contributed by atoms with van der Waals surface area (Å²) >= 11 is 0. The van der Waals surface area contributed by atoms with Crippen LogP contribution in [0.4, 0.5) is 4.39 Å². The molecule has 1 aliphatic rings. The van der Waals surface area contributed by atoms with Gasteiger partial charge in [0.1, 0.15) is 5.82 Å². The minimum Gasteiger partial charge on any atom is -0.370 e. The van der Waals surface area contributed by atoms with Gasteiger partial charge in [-0.1, -0.05) is 19.1 Å². The number of likely N-dealkylation sites (tertiary alicyclic amines) is 1. The molecule has 1 aromatic carbocycles. The summed E-state index contributed by atoms with van der Waals surface area (Å²) in [6.07, 6.45) is 2.64. The number of guanidine groups is 1. The fourth-order valence-electron chi connectivity index (χ4n) is 2.70. The molecule has 0 aromatic heterocycles. The maximum Gasteiger partial charge on any atom is 0.222 e. The molecule has 0 saturated carbocycles. The Bertz CT molecular complexity index is 550. The number of piperidine rings is 1. The van der Waals surface area contributed by atoms with E-state index in [2.05, 4.69) is 16.8 Å². The second-order valence-corrected chi connectivity index (χ2v) is 6.30. The summed E-state index contributed by atoms with van der Waals surface area (Å²) in [6, 6.07) is 6.06. The fourth-order valence-corrected chi connectivity index (χ4v) is 2.70. The summed E-state index contributed by atoms with van der Waals surface area (Å²) in [5.74, 6) is 0.0324. The highest BCUT2D eigenvalue weighted by Gasteiger charge is 2.19. The molecular weight excluding hydrogens is 295 g/mol. The van der Waals surface area contributed by atoms with E-state index in [1.54, 1.807) is 12.1 Å². The van der Waals surface area contributed by atoms with E-state index in [0.717, 1.165) is 37.4 Å². The molecule has 4 N–H and O–H groups in total. The number of nitrogens with two attached hydrogens (primary N) is 2. The van der Waals surface area contributed by atoms with Crippen molar-refractivity contribution in [3.63, 3.8) is 0 Å². The average molecular weight is 320 g/mol. The van der Waals surface area contributed by atoms with Crippen molar-refractivity contribution in [2.45, 2.75) is 26.2 Å². The Labute approximate surface area is 136 Å². The fraction of sp³-hybridized carbons (Fsp3) is 0.529. The zero-order chi connectivity index (χ0) is 16.8. The number of amides is 1. The number of hydrogen-bond donors (Lipinski definition) is 2. The number of hydrogen-bond acceptors (Lipinski definition) is 2. The van der Waals surface area contributed by atoms with Gasteiger partial charge in [-0.15, -0.1) is 0 Å². The normalized spacial score (nSPS) is 18.0. The molecule has 6 heteroatoms. The van der Waals surface area contributed by atoms with Crippen molar-refractivity contribution >= 4 is 11.9 Å². The Hall–Kier alpha value is -2.11. The first-order valence-corrected chi connectivity index (χ1v) is 8.04. The van der Waals surface area contributed by atoms with Gasteiger partial charge in [0.05, 0.1) is 12.5 Å². The van der Waals surface area contributed by atoms with Crippen LogP contribution < -0.4 is 11.5 Å². The van der Waals surface area contributed by atoms with E-state index in [0.29, 0.717) is 12.4 Å². The van der Waals surface area contributed by atoms with Gasteiger partial charge >= 0.3 is 0 Å². The molecule has 1 unspecified atom stereocenters. The summed E-state index contributed by atoms with van der Waals surface area (Å²) in [4.78, 5) is 18.0. The summed E-state index contributed by atoms with van der Waals surface area (Å²) < 4.78 is 12.9. The molecule has 1 fully saturated rings. The summed E-state index contributed by atoms with van der Waals surface area (Å²) in [5, 5.41) is 0. The monoisotopic (exact) mass is 320 g/mol. The molecule has 1 atom stereocenters. The lowest BCUT2D eigenvalue weighted by Crippen LogP contribution is -2.43. The van der Waals surface area contributed by atoms with Crippen molar-refractivity contribution < 1.29 is 9.18 Å². The van der Waals surface area contributed by atoms with Crippen LogP contribution in [-0.2, 0) is 11.2 Å². The van der Waals surface area contributed by atoms with Crippen LogP contribution in [0.3, 0.4) is 0 Å². The molecule has 0 radical (unpaired) electrons. The standard InChI is InChI=1S/C17H25FN4O/c1-12-6-8-22(9-7-12)17(20)21-11-14(16(19)23)10-13-2-4-15(18)5-3-13/h2-5,12,14H,6-11H2,1H3,(H2,19,23)(H2,20,21). The number of halogens is 1. The third-order valence-electron chi connectivity index (χ3n) is 4.38. The molecule has 5 nitrogen and oxygen atoms in total. The lowest BCUT2D eigenvalue weighted by Gasteiger charge is -2.31. The van der Waals surface area contributed by atoms with E-state index < -0.39 is 11.8 Å². The number of carbonyl (C=O) groups is 1. The number of primary amides is 1. The molecule has 1 heterocycles. The summed E-state index contributed by atoms with van der Waals surface area (Å²) in [6.45, 7) is 4.28. The predicted octanol–water partition coefficient (Wildman–Crippen LogP) is 1.52. The van der Waals surface area contributed by atoms with Crippen LogP contribution in [0, 0.1) is 17.7 Å². The van der Waals surface area contributed by atoms with Crippen molar-refractivity contribution in [3.8, 4) is 0 Å². The Morgan fingerprint density at radius 1 is 1.30 bits per heavy atom. The van der Waals surface area contributed by atoms with Gasteiger partial charge in [-0.05, 0) is 42.9 Å². The van der Waals surface area contributed by atoms with Crippen molar-refractivity contribution in [1.82, 2.24) is 4.90 Å². The summed E-state index contributed by atoms with van der Waals surface area (Å²) in [7, 11) is 0. The molecule has 1 saturated heterocycles. The van der Waals surface area contributed by atoms with E-state index in [9.17, 15) is 9.18 Å². The maximum absolute atomic E-state index is 12.9. The van der Waals surface area contributed by atoms with Crippen LogP contribution in [0.2, 0.25) is 0 Å². The van der Waals surface area contributed by atoms with Crippen LogP contribution >= 0.6 is 0 Å². The summed E-state index contributed by atoms with van der Waals surface area (Å²) in [5.41, 5.74) is 12.3. The average Bonchev–Trinajstić information content (AvgIpc) is 2.53.